The highest BCUT2D eigenvalue weighted by molar-refractivity contribution is 7.99. The van der Waals surface area contributed by atoms with Gasteiger partial charge in [0.15, 0.2) is 11.0 Å². The summed E-state index contributed by atoms with van der Waals surface area (Å²) in [6.07, 6.45) is 1.67. The van der Waals surface area contributed by atoms with E-state index in [9.17, 15) is 0 Å². The number of hydrogen-bond acceptors (Lipinski definition) is 6. The highest BCUT2D eigenvalue weighted by Crippen LogP contribution is 2.35. The first-order valence-electron chi connectivity index (χ1n) is 7.93. The monoisotopic (exact) mass is 377 g/mol. The molecule has 6 nitrogen and oxygen atoms in total. The number of rotatable bonds is 4. The first kappa shape index (κ1) is 17.9. The molecule has 0 radical (unpaired) electrons. The first-order valence-corrected chi connectivity index (χ1v) is 9.19. The van der Waals surface area contributed by atoms with Gasteiger partial charge in [0.05, 0.1) is 10.9 Å². The van der Waals surface area contributed by atoms with Gasteiger partial charge in [-0.2, -0.15) is 4.98 Å². The SMILES string of the molecule is Cc1ccc(-n2cnnc2S[C@@H](C)c2nc(C(C)(C)C)no2)cc1Cl. The Kier molecular flexibility index (Phi) is 4.88. The Labute approximate surface area is 156 Å². The summed E-state index contributed by atoms with van der Waals surface area (Å²) < 4.78 is 7.32. The number of benzene rings is 1. The van der Waals surface area contributed by atoms with E-state index in [1.165, 1.54) is 11.8 Å². The van der Waals surface area contributed by atoms with Crippen molar-refractivity contribution in [1.29, 1.82) is 0 Å². The van der Waals surface area contributed by atoms with Crippen LogP contribution >= 0.6 is 23.4 Å². The zero-order valence-corrected chi connectivity index (χ0v) is 16.4. The van der Waals surface area contributed by atoms with Crippen molar-refractivity contribution < 1.29 is 4.52 Å². The van der Waals surface area contributed by atoms with Crippen LogP contribution in [0.1, 0.15) is 50.2 Å². The third kappa shape index (κ3) is 3.88. The second-order valence-electron chi connectivity index (χ2n) is 6.88. The molecule has 1 atom stereocenters. The van der Waals surface area contributed by atoms with Crippen LogP contribution in [0, 0.1) is 6.92 Å². The van der Waals surface area contributed by atoms with E-state index >= 15 is 0 Å². The average molecular weight is 378 g/mol. The van der Waals surface area contributed by atoms with Gasteiger partial charge < -0.3 is 4.52 Å². The molecule has 0 saturated heterocycles. The molecule has 0 spiro atoms. The number of hydrogen-bond donors (Lipinski definition) is 0. The highest BCUT2D eigenvalue weighted by atomic mass is 35.5. The average Bonchev–Trinajstić information content (AvgIpc) is 3.18. The number of aromatic nitrogens is 5. The predicted molar refractivity (Wildman–Crippen MR) is 98.4 cm³/mol. The molecule has 25 heavy (non-hydrogen) atoms. The largest absolute Gasteiger partial charge is 0.338 e. The molecule has 1 aromatic carbocycles. The van der Waals surface area contributed by atoms with Gasteiger partial charge in [-0.05, 0) is 31.5 Å². The molecule has 0 unspecified atom stereocenters. The van der Waals surface area contributed by atoms with Crippen molar-refractivity contribution in [2.45, 2.75) is 50.4 Å². The Morgan fingerprint density at radius 3 is 2.68 bits per heavy atom. The van der Waals surface area contributed by atoms with Gasteiger partial charge in [0, 0.05) is 10.4 Å². The summed E-state index contributed by atoms with van der Waals surface area (Å²) in [5.74, 6) is 1.27. The molecule has 0 amide bonds. The summed E-state index contributed by atoms with van der Waals surface area (Å²) >= 11 is 7.74. The standard InChI is InChI=1S/C17H20ClN5OS/c1-10-6-7-12(8-13(10)18)23-9-19-21-16(23)25-11(2)14-20-15(22-24-14)17(3,4)5/h6-9,11H,1-5H3/t11-/m0/s1. The van der Waals surface area contributed by atoms with Crippen molar-refractivity contribution in [3.63, 3.8) is 0 Å². The predicted octanol–water partition coefficient (Wildman–Crippen LogP) is 4.76. The number of aryl methyl sites for hydroxylation is 1. The maximum absolute atomic E-state index is 6.24. The van der Waals surface area contributed by atoms with Crippen molar-refractivity contribution in [2.24, 2.45) is 0 Å². The quantitative estimate of drug-likeness (QED) is 0.610. The van der Waals surface area contributed by atoms with Crippen LogP contribution in [-0.2, 0) is 5.41 Å². The smallest absolute Gasteiger partial charge is 0.239 e. The fourth-order valence-electron chi connectivity index (χ4n) is 2.13. The van der Waals surface area contributed by atoms with Gasteiger partial charge in [0.1, 0.15) is 6.33 Å². The van der Waals surface area contributed by atoms with Crippen LogP contribution in [-0.4, -0.2) is 24.9 Å². The van der Waals surface area contributed by atoms with Gasteiger partial charge >= 0.3 is 0 Å². The van der Waals surface area contributed by atoms with Crippen molar-refractivity contribution in [3.8, 4) is 5.69 Å². The van der Waals surface area contributed by atoms with Crippen LogP contribution < -0.4 is 0 Å². The Balaban J connectivity index is 1.83. The van der Waals surface area contributed by atoms with E-state index in [0.29, 0.717) is 16.7 Å². The normalized spacial score (nSPS) is 13.2. The molecule has 2 heterocycles. The third-order valence-corrected chi connectivity index (χ3v) is 5.14. The van der Waals surface area contributed by atoms with Gasteiger partial charge in [-0.25, -0.2) is 0 Å². The van der Waals surface area contributed by atoms with E-state index in [4.69, 9.17) is 16.1 Å². The Hall–Kier alpha value is -1.86. The minimum Gasteiger partial charge on any atom is -0.338 e. The maximum Gasteiger partial charge on any atom is 0.239 e. The molecule has 3 aromatic rings. The molecule has 0 bridgehead atoms. The zero-order valence-electron chi connectivity index (χ0n) is 14.8. The van der Waals surface area contributed by atoms with E-state index in [2.05, 4.69) is 41.1 Å². The molecular formula is C17H20ClN5OS. The van der Waals surface area contributed by atoms with E-state index in [1.807, 2.05) is 36.6 Å². The Bertz CT molecular complexity index is 883. The summed E-state index contributed by atoms with van der Waals surface area (Å²) in [7, 11) is 0. The molecule has 0 aliphatic rings. The number of halogens is 1. The molecule has 0 aliphatic carbocycles. The lowest BCUT2D eigenvalue weighted by Crippen LogP contribution is -2.13. The summed E-state index contributed by atoms with van der Waals surface area (Å²) in [5, 5.41) is 13.7. The fourth-order valence-corrected chi connectivity index (χ4v) is 3.17. The second kappa shape index (κ2) is 6.80. The van der Waals surface area contributed by atoms with Crippen molar-refractivity contribution in [2.75, 3.05) is 0 Å². The minimum atomic E-state index is -0.148. The third-order valence-electron chi connectivity index (χ3n) is 3.69. The topological polar surface area (TPSA) is 69.6 Å². The lowest BCUT2D eigenvalue weighted by molar-refractivity contribution is 0.364. The molecule has 0 N–H and O–H groups in total. The summed E-state index contributed by atoms with van der Waals surface area (Å²) in [6.45, 7) is 10.1. The van der Waals surface area contributed by atoms with Crippen molar-refractivity contribution in [3.05, 3.63) is 46.8 Å². The summed E-state index contributed by atoms with van der Waals surface area (Å²) in [5.41, 5.74) is 1.79. The Morgan fingerprint density at radius 1 is 1.28 bits per heavy atom. The molecule has 8 heteroatoms. The molecular weight excluding hydrogens is 358 g/mol. The van der Waals surface area contributed by atoms with E-state index in [-0.39, 0.29) is 10.7 Å². The van der Waals surface area contributed by atoms with Gasteiger partial charge in [-0.15, -0.1) is 10.2 Å². The zero-order chi connectivity index (χ0) is 18.2. The second-order valence-corrected chi connectivity index (χ2v) is 8.60. The summed E-state index contributed by atoms with van der Waals surface area (Å²) in [6, 6.07) is 5.87. The maximum atomic E-state index is 6.24. The first-order chi connectivity index (χ1) is 11.8. The van der Waals surface area contributed by atoms with Crippen LogP contribution in [0.25, 0.3) is 5.69 Å². The lowest BCUT2D eigenvalue weighted by Gasteiger charge is -2.11. The van der Waals surface area contributed by atoms with Crippen LogP contribution in [0.3, 0.4) is 0 Å². The molecule has 0 saturated carbocycles. The van der Waals surface area contributed by atoms with Crippen LogP contribution in [0.2, 0.25) is 5.02 Å². The molecule has 2 aromatic heterocycles. The molecule has 0 fully saturated rings. The van der Waals surface area contributed by atoms with Crippen molar-refractivity contribution in [1.82, 2.24) is 24.9 Å². The van der Waals surface area contributed by atoms with Gasteiger partial charge in [0.25, 0.3) is 0 Å². The number of thioether (sulfide) groups is 1. The minimum absolute atomic E-state index is 0.0486. The van der Waals surface area contributed by atoms with Gasteiger partial charge in [-0.1, -0.05) is 55.4 Å². The van der Waals surface area contributed by atoms with Gasteiger partial charge in [-0.3, -0.25) is 4.57 Å². The molecule has 132 valence electrons. The fraction of sp³-hybridized carbons (Fsp3) is 0.412. The highest BCUT2D eigenvalue weighted by Gasteiger charge is 2.24. The Morgan fingerprint density at radius 2 is 2.04 bits per heavy atom. The molecule has 3 rings (SSSR count). The van der Waals surface area contributed by atoms with Crippen molar-refractivity contribution >= 4 is 23.4 Å². The van der Waals surface area contributed by atoms with E-state index < -0.39 is 0 Å². The van der Waals surface area contributed by atoms with E-state index in [1.54, 1.807) is 6.33 Å². The van der Waals surface area contributed by atoms with Crippen LogP contribution in [0.5, 0.6) is 0 Å². The van der Waals surface area contributed by atoms with Gasteiger partial charge in [0.2, 0.25) is 5.89 Å². The lowest BCUT2D eigenvalue weighted by atomic mass is 9.96. The van der Waals surface area contributed by atoms with Crippen LogP contribution in [0.15, 0.2) is 34.2 Å². The number of nitrogens with zero attached hydrogens (tertiary/aromatic N) is 5. The molecule has 0 aliphatic heterocycles. The van der Waals surface area contributed by atoms with E-state index in [0.717, 1.165) is 16.4 Å². The summed E-state index contributed by atoms with van der Waals surface area (Å²) in [4.78, 5) is 4.51. The van der Waals surface area contributed by atoms with Crippen LogP contribution in [0.4, 0.5) is 0 Å².